The number of aromatic nitrogens is 1. The maximum absolute atomic E-state index is 12.9. The molecule has 29 heavy (non-hydrogen) atoms. The van der Waals surface area contributed by atoms with Gasteiger partial charge < -0.3 is 4.90 Å². The summed E-state index contributed by atoms with van der Waals surface area (Å²) in [6, 6.07) is 14.0. The van der Waals surface area contributed by atoms with Gasteiger partial charge in [0.2, 0.25) is 0 Å². The zero-order valence-electron chi connectivity index (χ0n) is 16.3. The van der Waals surface area contributed by atoms with Gasteiger partial charge in [0, 0.05) is 38.2 Å². The Balaban J connectivity index is 1.22. The molecule has 2 aromatic carbocycles. The number of hydrogen-bond acceptors (Lipinski definition) is 5. The minimum atomic E-state index is 0.103. The molecular formula is C23H23N3O2S. The second-order valence-corrected chi connectivity index (χ2v) is 8.87. The van der Waals surface area contributed by atoms with E-state index in [-0.39, 0.29) is 11.7 Å². The van der Waals surface area contributed by atoms with Crippen molar-refractivity contribution in [3.8, 4) is 0 Å². The number of benzene rings is 2. The van der Waals surface area contributed by atoms with Crippen LogP contribution in [-0.4, -0.2) is 52.7 Å². The van der Waals surface area contributed by atoms with Gasteiger partial charge in [-0.1, -0.05) is 30.3 Å². The van der Waals surface area contributed by atoms with Crippen molar-refractivity contribution >= 4 is 33.8 Å². The van der Waals surface area contributed by atoms with Crippen molar-refractivity contribution in [1.29, 1.82) is 0 Å². The fourth-order valence-electron chi connectivity index (χ4n) is 4.19. The smallest absolute Gasteiger partial charge is 0.253 e. The van der Waals surface area contributed by atoms with Crippen LogP contribution in [0.4, 0.5) is 0 Å². The highest BCUT2D eigenvalue weighted by Crippen LogP contribution is 2.27. The number of ketones is 1. The largest absolute Gasteiger partial charge is 0.336 e. The molecule has 2 heterocycles. The highest BCUT2D eigenvalue weighted by Gasteiger charge is 2.25. The predicted octanol–water partition coefficient (Wildman–Crippen LogP) is 3.77. The molecular weight excluding hydrogens is 382 g/mol. The molecule has 1 amide bonds. The average Bonchev–Trinajstić information content (AvgIpc) is 3.17. The molecule has 0 atom stereocenters. The molecule has 0 N–H and O–H groups in total. The lowest BCUT2D eigenvalue weighted by molar-refractivity contribution is 0.0628. The third-order valence-corrected chi connectivity index (χ3v) is 6.95. The van der Waals surface area contributed by atoms with Gasteiger partial charge >= 0.3 is 0 Å². The van der Waals surface area contributed by atoms with E-state index in [0.717, 1.165) is 77.5 Å². The number of amides is 1. The number of nitrogens with zero attached hydrogens (tertiary/aromatic N) is 3. The number of aryl methyl sites for hydroxylation is 1. The van der Waals surface area contributed by atoms with Gasteiger partial charge in [-0.05, 0) is 35.7 Å². The van der Waals surface area contributed by atoms with E-state index in [0.29, 0.717) is 6.42 Å². The van der Waals surface area contributed by atoms with E-state index < -0.39 is 0 Å². The lowest BCUT2D eigenvalue weighted by Gasteiger charge is -2.34. The van der Waals surface area contributed by atoms with Crippen molar-refractivity contribution in [2.75, 3.05) is 26.2 Å². The number of carbonyl (C=O) groups excluding carboxylic acids is 2. The fraction of sp³-hybridized carbons (Fsp3) is 0.348. The van der Waals surface area contributed by atoms with Crippen LogP contribution in [0.15, 0.2) is 42.5 Å². The maximum Gasteiger partial charge on any atom is 0.253 e. The molecule has 1 fully saturated rings. The third-order valence-electron chi connectivity index (χ3n) is 5.83. The van der Waals surface area contributed by atoms with Crippen LogP contribution in [-0.2, 0) is 13.0 Å². The second-order valence-electron chi connectivity index (χ2n) is 7.79. The number of thiazole rings is 1. The topological polar surface area (TPSA) is 53.5 Å². The number of fused-ring (bicyclic) bond motifs is 2. The predicted molar refractivity (Wildman–Crippen MR) is 115 cm³/mol. The molecule has 1 aromatic heterocycles. The minimum absolute atomic E-state index is 0.103. The van der Waals surface area contributed by atoms with Crippen LogP contribution in [0.1, 0.15) is 43.6 Å². The molecule has 3 aromatic rings. The summed E-state index contributed by atoms with van der Waals surface area (Å²) >= 11 is 1.56. The van der Waals surface area contributed by atoms with E-state index in [2.05, 4.69) is 11.0 Å². The van der Waals surface area contributed by atoms with Crippen LogP contribution in [0.3, 0.4) is 0 Å². The zero-order chi connectivity index (χ0) is 19.8. The Labute approximate surface area is 174 Å². The highest BCUT2D eigenvalue weighted by atomic mass is 32.1. The summed E-state index contributed by atoms with van der Waals surface area (Å²) in [7, 11) is 0. The number of rotatable bonds is 3. The Morgan fingerprint density at radius 2 is 1.79 bits per heavy atom. The first-order valence-corrected chi connectivity index (χ1v) is 11.0. The number of Topliss-reactive ketones (excluding diaryl/α,β-unsaturated/α-hetero) is 1. The SMILES string of the molecule is O=C1CCCc2nc(CN3CCN(C(=O)c4ccc5ccccc5c4)CC3)sc21. The lowest BCUT2D eigenvalue weighted by atomic mass is 10.0. The van der Waals surface area contributed by atoms with Crippen molar-refractivity contribution in [3.05, 3.63) is 63.6 Å². The second kappa shape index (κ2) is 7.69. The van der Waals surface area contributed by atoms with Crippen molar-refractivity contribution in [2.24, 2.45) is 0 Å². The van der Waals surface area contributed by atoms with Crippen molar-refractivity contribution in [1.82, 2.24) is 14.8 Å². The highest BCUT2D eigenvalue weighted by molar-refractivity contribution is 7.13. The summed E-state index contributed by atoms with van der Waals surface area (Å²) in [6.07, 6.45) is 2.50. The molecule has 2 aliphatic rings. The standard InChI is InChI=1S/C23H23N3O2S/c27-20-7-3-6-19-22(20)29-21(24-19)15-25-10-12-26(13-11-25)23(28)18-9-8-16-4-1-2-5-17(16)14-18/h1-2,4-5,8-9,14H,3,6-7,10-13,15H2. The zero-order valence-corrected chi connectivity index (χ0v) is 17.1. The van der Waals surface area contributed by atoms with Crippen LogP contribution in [0.25, 0.3) is 10.8 Å². The van der Waals surface area contributed by atoms with Gasteiger partial charge in [-0.25, -0.2) is 4.98 Å². The monoisotopic (exact) mass is 405 g/mol. The summed E-state index contributed by atoms with van der Waals surface area (Å²) in [5.74, 6) is 0.353. The van der Waals surface area contributed by atoms with E-state index in [1.165, 1.54) is 0 Å². The first kappa shape index (κ1) is 18.5. The van der Waals surface area contributed by atoms with E-state index in [1.54, 1.807) is 11.3 Å². The Bertz CT molecular complexity index is 1080. The molecule has 1 saturated heterocycles. The van der Waals surface area contributed by atoms with Gasteiger partial charge in [-0.3, -0.25) is 14.5 Å². The molecule has 0 unspecified atom stereocenters. The third kappa shape index (κ3) is 3.70. The maximum atomic E-state index is 12.9. The van der Waals surface area contributed by atoms with Crippen molar-refractivity contribution in [3.63, 3.8) is 0 Å². The van der Waals surface area contributed by atoms with E-state index in [1.807, 2.05) is 41.3 Å². The Morgan fingerprint density at radius 3 is 2.59 bits per heavy atom. The van der Waals surface area contributed by atoms with Gasteiger partial charge in [0.25, 0.3) is 5.91 Å². The minimum Gasteiger partial charge on any atom is -0.336 e. The summed E-state index contributed by atoms with van der Waals surface area (Å²) in [5.41, 5.74) is 1.75. The number of piperazine rings is 1. The Kier molecular flexibility index (Phi) is 4.89. The van der Waals surface area contributed by atoms with Gasteiger partial charge in [0.15, 0.2) is 5.78 Å². The van der Waals surface area contributed by atoms with Crippen molar-refractivity contribution < 1.29 is 9.59 Å². The molecule has 0 bridgehead atoms. The molecule has 1 aliphatic heterocycles. The van der Waals surface area contributed by atoms with Gasteiger partial charge in [-0.2, -0.15) is 0 Å². The van der Waals surface area contributed by atoms with Crippen LogP contribution in [0.2, 0.25) is 0 Å². The normalized spacial score (nSPS) is 17.5. The van der Waals surface area contributed by atoms with Crippen LogP contribution < -0.4 is 0 Å². The fourth-order valence-corrected chi connectivity index (χ4v) is 5.31. The first-order chi connectivity index (χ1) is 14.2. The van der Waals surface area contributed by atoms with Gasteiger partial charge in [0.1, 0.15) is 5.01 Å². The summed E-state index contributed by atoms with van der Waals surface area (Å²) < 4.78 is 0. The Hall–Kier alpha value is -2.57. The van der Waals surface area contributed by atoms with E-state index >= 15 is 0 Å². The van der Waals surface area contributed by atoms with Crippen LogP contribution in [0, 0.1) is 0 Å². The first-order valence-electron chi connectivity index (χ1n) is 10.2. The number of hydrogen-bond donors (Lipinski definition) is 0. The molecule has 0 saturated carbocycles. The van der Waals surface area contributed by atoms with E-state index in [4.69, 9.17) is 4.98 Å². The van der Waals surface area contributed by atoms with E-state index in [9.17, 15) is 9.59 Å². The molecule has 5 rings (SSSR count). The van der Waals surface area contributed by atoms with Gasteiger partial charge in [-0.15, -0.1) is 11.3 Å². The summed E-state index contributed by atoms with van der Waals surface area (Å²) in [4.78, 5) is 34.8. The summed E-state index contributed by atoms with van der Waals surface area (Å²) in [6.45, 7) is 3.86. The molecule has 5 nitrogen and oxygen atoms in total. The lowest BCUT2D eigenvalue weighted by Crippen LogP contribution is -2.48. The molecule has 0 spiro atoms. The molecule has 0 radical (unpaired) electrons. The molecule has 1 aliphatic carbocycles. The van der Waals surface area contributed by atoms with Gasteiger partial charge in [0.05, 0.1) is 17.1 Å². The Morgan fingerprint density at radius 1 is 1.00 bits per heavy atom. The average molecular weight is 406 g/mol. The van der Waals surface area contributed by atoms with Crippen LogP contribution >= 0.6 is 11.3 Å². The summed E-state index contributed by atoms with van der Waals surface area (Å²) in [5, 5.41) is 3.28. The molecule has 6 heteroatoms. The van der Waals surface area contributed by atoms with Crippen LogP contribution in [0.5, 0.6) is 0 Å². The van der Waals surface area contributed by atoms with Crippen molar-refractivity contribution in [2.45, 2.75) is 25.8 Å². The molecule has 148 valence electrons. The number of carbonyl (C=O) groups is 2. The quantitative estimate of drug-likeness (QED) is 0.666.